The van der Waals surface area contributed by atoms with Crippen LogP contribution in [-0.2, 0) is 0 Å². The van der Waals surface area contributed by atoms with Crippen molar-refractivity contribution in [3.63, 3.8) is 0 Å². The van der Waals surface area contributed by atoms with E-state index < -0.39 is 12.7 Å². The number of nitrogens with two attached hydrogens (primary N) is 1. The van der Waals surface area contributed by atoms with Crippen LogP contribution < -0.4 is 5.73 Å². The van der Waals surface area contributed by atoms with Crippen LogP contribution in [0.3, 0.4) is 0 Å². The van der Waals surface area contributed by atoms with Crippen molar-refractivity contribution in [2.45, 2.75) is 52.4 Å². The van der Waals surface area contributed by atoms with Gasteiger partial charge in [-0.15, -0.1) is 0 Å². The van der Waals surface area contributed by atoms with Gasteiger partial charge in [-0.3, -0.25) is 4.90 Å². The molecular formula is C16H25F3N2. The highest BCUT2D eigenvalue weighted by Gasteiger charge is 2.31. The summed E-state index contributed by atoms with van der Waals surface area (Å²) in [4.78, 5) is 1.42. The van der Waals surface area contributed by atoms with Gasteiger partial charge in [0.1, 0.15) is 0 Å². The Bertz CT molecular complexity index is 435. The van der Waals surface area contributed by atoms with Gasteiger partial charge < -0.3 is 5.73 Å². The van der Waals surface area contributed by atoms with Gasteiger partial charge in [-0.2, -0.15) is 13.2 Å². The number of alkyl halides is 3. The third-order valence-corrected chi connectivity index (χ3v) is 3.51. The molecule has 0 radical (unpaired) electrons. The topological polar surface area (TPSA) is 29.3 Å². The first-order valence-electron chi connectivity index (χ1n) is 7.23. The van der Waals surface area contributed by atoms with E-state index >= 15 is 0 Å². The van der Waals surface area contributed by atoms with Crippen molar-refractivity contribution in [1.82, 2.24) is 4.90 Å². The Kier molecular flexibility index (Phi) is 6.23. The minimum Gasteiger partial charge on any atom is -0.324 e. The van der Waals surface area contributed by atoms with Gasteiger partial charge in [0, 0.05) is 18.6 Å². The lowest BCUT2D eigenvalue weighted by Crippen LogP contribution is -2.40. The summed E-state index contributed by atoms with van der Waals surface area (Å²) in [6.07, 6.45) is -3.66. The summed E-state index contributed by atoms with van der Waals surface area (Å²) >= 11 is 0. The Labute approximate surface area is 125 Å². The van der Waals surface area contributed by atoms with E-state index in [9.17, 15) is 13.2 Å². The predicted octanol–water partition coefficient (Wildman–Crippen LogP) is 3.97. The van der Waals surface area contributed by atoms with Crippen molar-refractivity contribution < 1.29 is 13.2 Å². The minimum atomic E-state index is -4.17. The molecule has 1 aromatic carbocycles. The normalized spacial score (nSPS) is 14.0. The van der Waals surface area contributed by atoms with Crippen molar-refractivity contribution in [3.05, 3.63) is 34.9 Å². The summed E-state index contributed by atoms with van der Waals surface area (Å²) in [5.41, 5.74) is 9.37. The molecule has 0 aliphatic rings. The summed E-state index contributed by atoms with van der Waals surface area (Å²) in [6.45, 7) is 6.98. The van der Waals surface area contributed by atoms with Crippen LogP contribution in [0.1, 0.15) is 43.0 Å². The summed E-state index contributed by atoms with van der Waals surface area (Å²) in [5.74, 6) is 0. The van der Waals surface area contributed by atoms with Gasteiger partial charge in [-0.05, 0) is 39.7 Å². The molecule has 0 spiro atoms. The molecule has 2 N–H and O–H groups in total. The van der Waals surface area contributed by atoms with E-state index in [1.807, 2.05) is 26.0 Å². The molecule has 0 aromatic heterocycles. The van der Waals surface area contributed by atoms with E-state index in [1.54, 1.807) is 13.8 Å². The van der Waals surface area contributed by atoms with Crippen LogP contribution in [0.15, 0.2) is 18.2 Å². The number of halogens is 3. The molecule has 0 bridgehead atoms. The van der Waals surface area contributed by atoms with Crippen molar-refractivity contribution in [2.24, 2.45) is 5.73 Å². The Morgan fingerprint density at radius 3 is 2.05 bits per heavy atom. The van der Waals surface area contributed by atoms with Crippen LogP contribution in [-0.4, -0.2) is 30.2 Å². The van der Waals surface area contributed by atoms with Crippen molar-refractivity contribution >= 4 is 0 Å². The molecule has 0 amide bonds. The molecular weight excluding hydrogens is 277 g/mol. The molecule has 2 nitrogen and oxygen atoms in total. The first-order chi connectivity index (χ1) is 9.58. The van der Waals surface area contributed by atoms with E-state index in [0.717, 1.165) is 16.7 Å². The summed E-state index contributed by atoms with van der Waals surface area (Å²) < 4.78 is 37.6. The minimum absolute atomic E-state index is 0.155. The molecule has 0 saturated heterocycles. The predicted molar refractivity (Wildman–Crippen MR) is 80.2 cm³/mol. The van der Waals surface area contributed by atoms with Gasteiger partial charge in [-0.25, -0.2) is 0 Å². The maximum atomic E-state index is 12.5. The van der Waals surface area contributed by atoms with Crippen LogP contribution in [0.2, 0.25) is 0 Å². The molecule has 0 saturated carbocycles. The molecule has 0 aliphatic heterocycles. The van der Waals surface area contributed by atoms with Crippen LogP contribution in [0, 0.1) is 13.8 Å². The second-order valence-corrected chi connectivity index (χ2v) is 6.00. The maximum Gasteiger partial charge on any atom is 0.401 e. The molecule has 1 aromatic rings. The second-order valence-electron chi connectivity index (χ2n) is 6.00. The van der Waals surface area contributed by atoms with Crippen LogP contribution >= 0.6 is 0 Å². The van der Waals surface area contributed by atoms with E-state index in [2.05, 4.69) is 6.07 Å². The van der Waals surface area contributed by atoms with E-state index in [0.29, 0.717) is 13.0 Å². The van der Waals surface area contributed by atoms with Gasteiger partial charge in [0.05, 0.1) is 6.54 Å². The third-order valence-electron chi connectivity index (χ3n) is 3.51. The fourth-order valence-corrected chi connectivity index (χ4v) is 2.45. The van der Waals surface area contributed by atoms with Crippen molar-refractivity contribution in [1.29, 1.82) is 0 Å². The van der Waals surface area contributed by atoms with Gasteiger partial charge in [-0.1, -0.05) is 29.3 Å². The monoisotopic (exact) mass is 302 g/mol. The van der Waals surface area contributed by atoms with Gasteiger partial charge in [0.25, 0.3) is 0 Å². The summed E-state index contributed by atoms with van der Waals surface area (Å²) in [5, 5.41) is 0. The zero-order valence-electron chi connectivity index (χ0n) is 13.2. The van der Waals surface area contributed by atoms with E-state index in [4.69, 9.17) is 5.73 Å². The number of benzene rings is 1. The van der Waals surface area contributed by atoms with E-state index in [1.165, 1.54) is 4.90 Å². The zero-order valence-corrected chi connectivity index (χ0v) is 13.2. The third kappa shape index (κ3) is 6.48. The lowest BCUT2D eigenvalue weighted by molar-refractivity contribution is -0.149. The Balaban J connectivity index is 2.66. The van der Waals surface area contributed by atoms with Crippen LogP contribution in [0.4, 0.5) is 13.2 Å². The largest absolute Gasteiger partial charge is 0.401 e. The molecule has 1 unspecified atom stereocenters. The SMILES string of the molecule is Cc1cc(C)cc(C(N)CCN(CC(F)(F)F)C(C)C)c1. The lowest BCUT2D eigenvalue weighted by Gasteiger charge is -2.28. The fraction of sp³-hybridized carbons (Fsp3) is 0.625. The summed E-state index contributed by atoms with van der Waals surface area (Å²) in [6, 6.07) is 5.67. The number of nitrogens with zero attached hydrogens (tertiary/aromatic N) is 1. The average Bonchev–Trinajstić information content (AvgIpc) is 2.31. The highest BCUT2D eigenvalue weighted by atomic mass is 19.4. The first kappa shape index (κ1) is 18.0. The fourth-order valence-electron chi connectivity index (χ4n) is 2.45. The number of aryl methyl sites for hydroxylation is 2. The standard InChI is InChI=1S/C16H25F3N2/c1-11(2)21(10-16(17,18)19)6-5-15(20)14-8-12(3)7-13(4)9-14/h7-9,11,15H,5-6,10,20H2,1-4H3. The average molecular weight is 302 g/mol. The smallest absolute Gasteiger partial charge is 0.324 e. The molecule has 1 atom stereocenters. The van der Waals surface area contributed by atoms with Gasteiger partial charge in [0.15, 0.2) is 0 Å². The molecule has 1 rings (SSSR count). The highest BCUT2D eigenvalue weighted by molar-refractivity contribution is 5.30. The Hall–Kier alpha value is -1.07. The first-order valence-corrected chi connectivity index (χ1v) is 7.23. The Morgan fingerprint density at radius 2 is 1.62 bits per heavy atom. The van der Waals surface area contributed by atoms with Crippen LogP contribution in [0.25, 0.3) is 0 Å². The quantitative estimate of drug-likeness (QED) is 0.861. The highest BCUT2D eigenvalue weighted by Crippen LogP contribution is 2.21. The van der Waals surface area contributed by atoms with Gasteiger partial charge in [0.2, 0.25) is 0 Å². The molecule has 120 valence electrons. The van der Waals surface area contributed by atoms with Crippen LogP contribution in [0.5, 0.6) is 0 Å². The van der Waals surface area contributed by atoms with Crippen molar-refractivity contribution in [3.8, 4) is 0 Å². The number of rotatable bonds is 6. The number of hydrogen-bond donors (Lipinski definition) is 1. The molecule has 21 heavy (non-hydrogen) atoms. The van der Waals surface area contributed by atoms with Gasteiger partial charge >= 0.3 is 6.18 Å². The zero-order chi connectivity index (χ0) is 16.2. The molecule has 0 heterocycles. The second kappa shape index (κ2) is 7.27. The summed E-state index contributed by atoms with van der Waals surface area (Å²) in [7, 11) is 0. The molecule has 0 aliphatic carbocycles. The van der Waals surface area contributed by atoms with E-state index in [-0.39, 0.29) is 12.1 Å². The molecule has 0 fully saturated rings. The Morgan fingerprint density at radius 1 is 1.10 bits per heavy atom. The maximum absolute atomic E-state index is 12.5. The van der Waals surface area contributed by atoms with Crippen molar-refractivity contribution in [2.75, 3.05) is 13.1 Å². The number of hydrogen-bond acceptors (Lipinski definition) is 2. The molecule has 5 heteroatoms. The lowest BCUT2D eigenvalue weighted by atomic mass is 9.99.